The summed E-state index contributed by atoms with van der Waals surface area (Å²) in [6.45, 7) is 0. The zero-order valence-electron chi connectivity index (χ0n) is 11.6. The Bertz CT molecular complexity index is 910. The highest BCUT2D eigenvalue weighted by Gasteiger charge is 2.20. The quantitative estimate of drug-likeness (QED) is 0.255. The number of aromatic nitrogens is 4. The maximum Gasteiger partial charge on any atom is 0.276 e. The zero-order chi connectivity index (χ0) is 17.2. The second kappa shape index (κ2) is 4.35. The molecule has 3 aromatic heterocycles. The Morgan fingerprint density at radius 3 is 1.33 bits per heavy atom. The van der Waals surface area contributed by atoms with Gasteiger partial charge >= 0.3 is 0 Å². The first-order valence-electron chi connectivity index (χ1n) is 6.54. The first kappa shape index (κ1) is 13.8. The summed E-state index contributed by atoms with van der Waals surface area (Å²) in [5, 5.41) is 58.3. The molecule has 24 heavy (non-hydrogen) atoms. The van der Waals surface area contributed by atoms with Gasteiger partial charge in [0.2, 0.25) is 0 Å². The average Bonchev–Trinajstić information content (AvgIpc) is 2.53. The fourth-order valence-electron chi connectivity index (χ4n) is 2.50. The molecule has 0 aliphatic carbocycles. The van der Waals surface area contributed by atoms with Crippen molar-refractivity contribution in [1.82, 2.24) is 19.9 Å². The van der Waals surface area contributed by atoms with E-state index in [-0.39, 0.29) is 32.8 Å². The summed E-state index contributed by atoms with van der Waals surface area (Å²) >= 11 is 0. The van der Waals surface area contributed by atoms with E-state index in [0.717, 1.165) is 12.1 Å². The lowest BCUT2D eigenvalue weighted by atomic mass is 10.1. The molecule has 0 unspecified atom stereocenters. The second-order valence-electron chi connectivity index (χ2n) is 5.02. The van der Waals surface area contributed by atoms with Crippen molar-refractivity contribution < 1.29 is 30.6 Å². The van der Waals surface area contributed by atoms with Crippen LogP contribution in [0.15, 0.2) is 12.1 Å². The van der Waals surface area contributed by atoms with Gasteiger partial charge in [0.25, 0.3) is 23.5 Å². The van der Waals surface area contributed by atoms with E-state index in [1.54, 1.807) is 0 Å². The largest absolute Gasteiger partial charge is 0.503 e. The SMILES string of the molecule is Oc1cc2c(nc1O)c1cc(O)c(O)nc1c1nc(O)c(O)nc21. The van der Waals surface area contributed by atoms with E-state index in [1.807, 2.05) is 0 Å². The van der Waals surface area contributed by atoms with E-state index < -0.39 is 35.0 Å². The summed E-state index contributed by atoms with van der Waals surface area (Å²) in [5.74, 6) is -3.92. The molecule has 0 aliphatic rings. The van der Waals surface area contributed by atoms with Crippen molar-refractivity contribution in [3.8, 4) is 35.0 Å². The minimum Gasteiger partial charge on any atom is -0.503 e. The molecule has 0 amide bonds. The summed E-state index contributed by atoms with van der Waals surface area (Å²) in [4.78, 5) is 15.2. The lowest BCUT2D eigenvalue weighted by molar-refractivity contribution is 0.378. The molecule has 0 saturated carbocycles. The van der Waals surface area contributed by atoms with Gasteiger partial charge < -0.3 is 30.6 Å². The van der Waals surface area contributed by atoms with Crippen LogP contribution in [-0.4, -0.2) is 50.6 Å². The van der Waals surface area contributed by atoms with E-state index in [2.05, 4.69) is 19.9 Å². The maximum absolute atomic E-state index is 9.69. The van der Waals surface area contributed by atoms with Gasteiger partial charge in [-0.2, -0.15) is 0 Å². The van der Waals surface area contributed by atoms with Crippen molar-refractivity contribution in [3.05, 3.63) is 12.1 Å². The summed E-state index contributed by atoms with van der Waals surface area (Å²) < 4.78 is 0. The first-order chi connectivity index (χ1) is 11.4. The lowest BCUT2D eigenvalue weighted by Crippen LogP contribution is -1.94. The van der Waals surface area contributed by atoms with Gasteiger partial charge in [-0.25, -0.2) is 19.9 Å². The number of benzene rings is 1. The van der Waals surface area contributed by atoms with Gasteiger partial charge in [0, 0.05) is 10.8 Å². The van der Waals surface area contributed by atoms with Crippen LogP contribution in [-0.2, 0) is 0 Å². The number of fused-ring (bicyclic) bond motifs is 6. The Hall–Kier alpha value is -3.82. The molecule has 120 valence electrons. The third kappa shape index (κ3) is 1.70. The molecule has 0 radical (unpaired) electrons. The maximum atomic E-state index is 9.69. The van der Waals surface area contributed by atoms with E-state index in [4.69, 9.17) is 0 Å². The average molecular weight is 328 g/mol. The Morgan fingerprint density at radius 1 is 0.458 bits per heavy atom. The van der Waals surface area contributed by atoms with E-state index in [9.17, 15) is 30.6 Å². The first-order valence-corrected chi connectivity index (χ1v) is 6.54. The molecule has 4 aromatic rings. The normalized spacial score (nSPS) is 11.5. The van der Waals surface area contributed by atoms with Gasteiger partial charge in [-0.3, -0.25) is 0 Å². The number of rotatable bonds is 0. The zero-order valence-corrected chi connectivity index (χ0v) is 11.6. The smallest absolute Gasteiger partial charge is 0.276 e. The van der Waals surface area contributed by atoms with Crippen molar-refractivity contribution in [3.63, 3.8) is 0 Å². The fraction of sp³-hybridized carbons (Fsp3) is 0. The molecule has 4 rings (SSSR count). The summed E-state index contributed by atoms with van der Waals surface area (Å²) in [5.41, 5.74) is 0.131. The van der Waals surface area contributed by atoms with Crippen LogP contribution in [0.1, 0.15) is 0 Å². The Morgan fingerprint density at radius 2 is 0.833 bits per heavy atom. The van der Waals surface area contributed by atoms with Gasteiger partial charge in [0.05, 0.1) is 5.52 Å². The second-order valence-corrected chi connectivity index (χ2v) is 5.02. The highest BCUT2D eigenvalue weighted by molar-refractivity contribution is 6.21. The van der Waals surface area contributed by atoms with Crippen LogP contribution in [0.5, 0.6) is 35.0 Å². The number of aromatic hydroxyl groups is 6. The molecule has 10 heteroatoms. The van der Waals surface area contributed by atoms with Crippen molar-refractivity contribution >= 4 is 32.8 Å². The minimum absolute atomic E-state index is 0.00464. The van der Waals surface area contributed by atoms with Crippen LogP contribution in [0.3, 0.4) is 0 Å². The van der Waals surface area contributed by atoms with E-state index >= 15 is 0 Å². The molecule has 0 fully saturated rings. The van der Waals surface area contributed by atoms with Crippen molar-refractivity contribution in [1.29, 1.82) is 0 Å². The van der Waals surface area contributed by atoms with E-state index in [1.165, 1.54) is 0 Å². The Labute approximate surface area is 131 Å². The highest BCUT2D eigenvalue weighted by Crippen LogP contribution is 2.40. The molecule has 0 atom stereocenters. The van der Waals surface area contributed by atoms with Gasteiger partial charge in [-0.05, 0) is 12.1 Å². The summed E-state index contributed by atoms with van der Waals surface area (Å²) in [6.07, 6.45) is 0. The monoisotopic (exact) mass is 328 g/mol. The fourth-order valence-corrected chi connectivity index (χ4v) is 2.50. The third-order valence-corrected chi connectivity index (χ3v) is 3.56. The molecule has 0 spiro atoms. The molecular weight excluding hydrogens is 320 g/mol. The van der Waals surface area contributed by atoms with Gasteiger partial charge in [-0.15, -0.1) is 0 Å². The molecule has 0 aliphatic heterocycles. The molecule has 0 bridgehead atoms. The van der Waals surface area contributed by atoms with Gasteiger partial charge in [0.1, 0.15) is 16.6 Å². The highest BCUT2D eigenvalue weighted by atomic mass is 16.3. The lowest BCUT2D eigenvalue weighted by Gasteiger charge is -2.10. The van der Waals surface area contributed by atoms with Crippen LogP contribution in [0.25, 0.3) is 32.8 Å². The van der Waals surface area contributed by atoms with Crippen LogP contribution < -0.4 is 0 Å². The Kier molecular flexibility index (Phi) is 2.50. The van der Waals surface area contributed by atoms with Crippen LogP contribution in [0.4, 0.5) is 0 Å². The van der Waals surface area contributed by atoms with Crippen molar-refractivity contribution in [2.75, 3.05) is 0 Å². The molecular formula is C14H8N4O6. The molecule has 3 heterocycles. The molecule has 0 saturated heterocycles. The van der Waals surface area contributed by atoms with Gasteiger partial charge in [-0.1, -0.05) is 0 Å². The summed E-state index contributed by atoms with van der Waals surface area (Å²) in [6, 6.07) is 2.29. The molecule has 6 N–H and O–H groups in total. The number of hydrogen-bond donors (Lipinski definition) is 6. The third-order valence-electron chi connectivity index (χ3n) is 3.56. The number of hydrogen-bond acceptors (Lipinski definition) is 10. The summed E-state index contributed by atoms with van der Waals surface area (Å²) in [7, 11) is 0. The standard InChI is InChI=1S/C14H8N4O6/c19-5-2-4-7(15-11(5)21)3-1-6(20)12(22)16-8(3)10-9(4)17-13(23)14(24)18-10/h1-2,19-20H,(H,15,21)(H,16,22)(H,17,23)(H,18,24). The van der Waals surface area contributed by atoms with Crippen LogP contribution in [0.2, 0.25) is 0 Å². The van der Waals surface area contributed by atoms with Crippen molar-refractivity contribution in [2.45, 2.75) is 0 Å². The van der Waals surface area contributed by atoms with Crippen LogP contribution in [0, 0.1) is 0 Å². The molecule has 10 nitrogen and oxygen atoms in total. The van der Waals surface area contributed by atoms with Gasteiger partial charge in [0.15, 0.2) is 11.5 Å². The topological polar surface area (TPSA) is 173 Å². The number of pyridine rings is 2. The van der Waals surface area contributed by atoms with Crippen molar-refractivity contribution in [2.24, 2.45) is 0 Å². The number of nitrogens with zero attached hydrogens (tertiary/aromatic N) is 4. The minimum atomic E-state index is -0.756. The van der Waals surface area contributed by atoms with Crippen LogP contribution >= 0.6 is 0 Å². The Balaban J connectivity index is 2.40. The predicted octanol–water partition coefficient (Wildman–Crippen LogP) is 0.960. The molecule has 1 aromatic carbocycles. The predicted molar refractivity (Wildman–Crippen MR) is 80.1 cm³/mol. The van der Waals surface area contributed by atoms with E-state index in [0.29, 0.717) is 0 Å².